The van der Waals surface area contributed by atoms with Crippen molar-refractivity contribution in [3.8, 4) is 0 Å². The van der Waals surface area contributed by atoms with E-state index in [2.05, 4.69) is 20.8 Å². The van der Waals surface area contributed by atoms with Crippen molar-refractivity contribution in [3.05, 3.63) is 34.6 Å². The van der Waals surface area contributed by atoms with Crippen molar-refractivity contribution in [1.29, 1.82) is 0 Å². The first-order valence-electron chi connectivity index (χ1n) is 10.5. The number of thioether (sulfide) groups is 1. The number of para-hydroxylation sites is 1. The molecule has 2 amide bonds. The summed E-state index contributed by atoms with van der Waals surface area (Å²) < 4.78 is 8.16. The van der Waals surface area contributed by atoms with Crippen LogP contribution in [-0.4, -0.2) is 63.0 Å². The number of ether oxygens (including phenoxy) is 1. The molecule has 1 aromatic carbocycles. The Labute approximate surface area is 189 Å². The maximum Gasteiger partial charge on any atom is 0.262 e. The number of fused-ring (bicyclic) bond motifs is 3. The molecule has 3 rings (SSSR count). The summed E-state index contributed by atoms with van der Waals surface area (Å²) in [6.07, 6.45) is 0.977. The van der Waals surface area contributed by atoms with Crippen molar-refractivity contribution in [2.24, 2.45) is 0 Å². The van der Waals surface area contributed by atoms with Crippen molar-refractivity contribution in [3.63, 3.8) is 0 Å². The highest BCUT2D eigenvalue weighted by molar-refractivity contribution is 7.99. The van der Waals surface area contributed by atoms with E-state index in [-0.39, 0.29) is 42.1 Å². The zero-order chi connectivity index (χ0) is 23.1. The molecular weight excluding hydrogens is 432 g/mol. The highest BCUT2D eigenvalue weighted by atomic mass is 32.2. The number of nitrogens with zero attached hydrogens (tertiary/aromatic N) is 4. The normalized spacial score (nSPS) is 12.2. The molecule has 0 bridgehead atoms. The molecular formula is C21H28N6O4S. The Hall–Kier alpha value is -2.92. The zero-order valence-electron chi connectivity index (χ0n) is 18.5. The maximum atomic E-state index is 13.1. The van der Waals surface area contributed by atoms with Gasteiger partial charge < -0.3 is 15.4 Å². The maximum absolute atomic E-state index is 13.1. The number of benzene rings is 1. The second kappa shape index (κ2) is 11.1. The summed E-state index contributed by atoms with van der Waals surface area (Å²) in [5, 5.41) is 15.1. The van der Waals surface area contributed by atoms with Gasteiger partial charge in [0.15, 0.2) is 5.16 Å². The van der Waals surface area contributed by atoms with Crippen LogP contribution in [0.15, 0.2) is 34.2 Å². The predicted octanol–water partition coefficient (Wildman–Crippen LogP) is 1.20. The van der Waals surface area contributed by atoms with Crippen molar-refractivity contribution in [2.75, 3.05) is 26.0 Å². The summed E-state index contributed by atoms with van der Waals surface area (Å²) in [5.74, 6) is 0.213. The summed E-state index contributed by atoms with van der Waals surface area (Å²) in [4.78, 5) is 37.5. The Balaban J connectivity index is 1.90. The smallest absolute Gasteiger partial charge is 0.262 e. The fraction of sp³-hybridized carbons (Fsp3) is 0.476. The molecule has 0 radical (unpaired) electrons. The summed E-state index contributed by atoms with van der Waals surface area (Å²) >= 11 is 1.23. The lowest BCUT2D eigenvalue weighted by Gasteiger charge is -2.13. The van der Waals surface area contributed by atoms with Crippen LogP contribution < -0.4 is 16.2 Å². The van der Waals surface area contributed by atoms with Crippen LogP contribution in [0.25, 0.3) is 16.7 Å². The Morgan fingerprint density at radius 3 is 2.75 bits per heavy atom. The third-order valence-electron chi connectivity index (χ3n) is 5.02. The minimum Gasteiger partial charge on any atom is -0.383 e. The summed E-state index contributed by atoms with van der Waals surface area (Å²) in [5.41, 5.74) is 0.422. The number of amides is 2. The van der Waals surface area contributed by atoms with Gasteiger partial charge in [-0.15, -0.1) is 10.2 Å². The van der Waals surface area contributed by atoms with Crippen molar-refractivity contribution in [1.82, 2.24) is 29.8 Å². The van der Waals surface area contributed by atoms with Crippen molar-refractivity contribution < 1.29 is 14.3 Å². The van der Waals surface area contributed by atoms with E-state index in [4.69, 9.17) is 4.74 Å². The first kappa shape index (κ1) is 23.7. The third-order valence-corrected chi connectivity index (χ3v) is 5.95. The summed E-state index contributed by atoms with van der Waals surface area (Å²) in [6, 6.07) is 7.24. The van der Waals surface area contributed by atoms with Crippen molar-refractivity contribution in [2.45, 2.75) is 44.4 Å². The van der Waals surface area contributed by atoms with E-state index >= 15 is 0 Å². The second-order valence-corrected chi connectivity index (χ2v) is 8.29. The van der Waals surface area contributed by atoms with E-state index in [9.17, 15) is 14.4 Å². The lowest BCUT2D eigenvalue weighted by atomic mass is 10.2. The number of carbonyl (C=O) groups excluding carboxylic acids is 2. The fourth-order valence-electron chi connectivity index (χ4n) is 3.16. The summed E-state index contributed by atoms with van der Waals surface area (Å²) in [6.45, 7) is 4.97. The van der Waals surface area contributed by atoms with Crippen molar-refractivity contribution >= 4 is 40.3 Å². The lowest BCUT2D eigenvalue weighted by molar-refractivity contribution is -0.122. The quantitative estimate of drug-likeness (QED) is 0.326. The Morgan fingerprint density at radius 2 is 2.00 bits per heavy atom. The predicted molar refractivity (Wildman–Crippen MR) is 123 cm³/mol. The minimum absolute atomic E-state index is 0.0713. The number of hydrogen-bond donors (Lipinski definition) is 2. The van der Waals surface area contributed by atoms with Crippen LogP contribution >= 0.6 is 11.8 Å². The largest absolute Gasteiger partial charge is 0.383 e. The topological polar surface area (TPSA) is 120 Å². The van der Waals surface area contributed by atoms with Gasteiger partial charge in [0.1, 0.15) is 0 Å². The molecule has 0 aliphatic carbocycles. The van der Waals surface area contributed by atoms with Crippen LogP contribution in [0, 0.1) is 0 Å². The molecule has 0 saturated carbocycles. The Kier molecular flexibility index (Phi) is 8.23. The van der Waals surface area contributed by atoms with Crippen LogP contribution in [-0.2, 0) is 20.9 Å². The molecule has 0 aliphatic heterocycles. The number of methoxy groups -OCH3 is 1. The number of aryl methyl sites for hydroxylation is 1. The summed E-state index contributed by atoms with van der Waals surface area (Å²) in [7, 11) is 1.57. The Bertz CT molecular complexity index is 1160. The van der Waals surface area contributed by atoms with Gasteiger partial charge in [0, 0.05) is 32.7 Å². The molecule has 32 heavy (non-hydrogen) atoms. The number of aromatic nitrogens is 4. The van der Waals surface area contributed by atoms with Gasteiger partial charge in [0.25, 0.3) is 5.56 Å². The molecule has 0 unspecified atom stereocenters. The number of carbonyl (C=O) groups is 2. The molecule has 3 aromatic rings. The first-order valence-corrected chi connectivity index (χ1v) is 11.5. The van der Waals surface area contributed by atoms with Gasteiger partial charge in [-0.3, -0.25) is 23.4 Å². The average molecular weight is 461 g/mol. The molecule has 2 aromatic heterocycles. The van der Waals surface area contributed by atoms with Crippen LogP contribution in [0.3, 0.4) is 0 Å². The molecule has 11 heteroatoms. The monoisotopic (exact) mass is 460 g/mol. The van der Waals surface area contributed by atoms with Gasteiger partial charge in [-0.05, 0) is 25.5 Å². The fourth-order valence-corrected chi connectivity index (χ4v) is 3.93. The van der Waals surface area contributed by atoms with Crippen LogP contribution in [0.4, 0.5) is 0 Å². The molecule has 1 atom stereocenters. The van der Waals surface area contributed by atoms with E-state index in [1.807, 2.05) is 26.0 Å². The molecule has 0 spiro atoms. The van der Waals surface area contributed by atoms with Crippen LogP contribution in [0.1, 0.15) is 26.7 Å². The number of nitrogens with one attached hydrogen (secondary N) is 2. The van der Waals surface area contributed by atoms with Gasteiger partial charge in [-0.1, -0.05) is 30.8 Å². The van der Waals surface area contributed by atoms with Gasteiger partial charge in [-0.2, -0.15) is 0 Å². The zero-order valence-corrected chi connectivity index (χ0v) is 19.3. The van der Waals surface area contributed by atoms with E-state index in [0.717, 1.165) is 6.42 Å². The number of hydrogen-bond acceptors (Lipinski definition) is 7. The van der Waals surface area contributed by atoms with Gasteiger partial charge >= 0.3 is 0 Å². The lowest BCUT2D eigenvalue weighted by Crippen LogP contribution is -2.33. The molecule has 172 valence electrons. The molecule has 0 fully saturated rings. The second-order valence-electron chi connectivity index (χ2n) is 7.35. The standard InChI is InChI=1S/C21H28N6O4S/c1-4-14(2)23-17(28)9-11-26-19(30)15-7-5-6-8-16(15)27-20(26)24-25-21(27)32-13-18(29)22-10-12-31-3/h5-8,14H,4,9-13H2,1-3H3,(H,22,29)(H,23,28)/t14-/m1/s1. The molecule has 10 nitrogen and oxygen atoms in total. The average Bonchev–Trinajstić information content (AvgIpc) is 3.21. The van der Waals surface area contributed by atoms with Gasteiger partial charge in [-0.25, -0.2) is 0 Å². The SMILES string of the molecule is CC[C@@H](C)NC(=O)CCn1c(=O)c2ccccc2n2c(SCC(=O)NCCOC)nnc12. The van der Waals surface area contributed by atoms with E-state index in [1.165, 1.54) is 16.3 Å². The van der Waals surface area contributed by atoms with E-state index < -0.39 is 0 Å². The minimum atomic E-state index is -0.231. The van der Waals surface area contributed by atoms with Crippen LogP contribution in [0.2, 0.25) is 0 Å². The third kappa shape index (κ3) is 5.46. The van der Waals surface area contributed by atoms with E-state index in [1.54, 1.807) is 23.6 Å². The molecule has 0 aliphatic rings. The molecule has 0 saturated heterocycles. The first-order chi connectivity index (χ1) is 15.5. The highest BCUT2D eigenvalue weighted by Gasteiger charge is 2.18. The van der Waals surface area contributed by atoms with Gasteiger partial charge in [0.05, 0.1) is 23.3 Å². The molecule has 2 N–H and O–H groups in total. The van der Waals surface area contributed by atoms with Crippen LogP contribution in [0.5, 0.6) is 0 Å². The Morgan fingerprint density at radius 1 is 1.22 bits per heavy atom. The molecule has 2 heterocycles. The van der Waals surface area contributed by atoms with E-state index in [0.29, 0.717) is 35.0 Å². The van der Waals surface area contributed by atoms with Gasteiger partial charge in [0.2, 0.25) is 17.6 Å². The highest BCUT2D eigenvalue weighted by Crippen LogP contribution is 2.21. The number of rotatable bonds is 11.